The van der Waals surface area contributed by atoms with Crippen LogP contribution in [0.3, 0.4) is 0 Å². The molecule has 0 aromatic heterocycles. The van der Waals surface area contributed by atoms with Gasteiger partial charge >= 0.3 is 0 Å². The first kappa shape index (κ1) is 15.9. The summed E-state index contributed by atoms with van der Waals surface area (Å²) in [6, 6.07) is 5.84. The SMILES string of the molecule is CCCCCCCCCCOc1cc(N)ccc1C. The van der Waals surface area contributed by atoms with Gasteiger partial charge in [0.25, 0.3) is 0 Å². The number of anilines is 1. The van der Waals surface area contributed by atoms with Crippen LogP contribution in [0.2, 0.25) is 0 Å². The summed E-state index contributed by atoms with van der Waals surface area (Å²) in [4.78, 5) is 0. The van der Waals surface area contributed by atoms with Crippen molar-refractivity contribution in [3.63, 3.8) is 0 Å². The number of unbranched alkanes of at least 4 members (excludes halogenated alkanes) is 7. The molecule has 0 atom stereocenters. The summed E-state index contributed by atoms with van der Waals surface area (Å²) in [6.07, 6.45) is 10.6. The molecular weight excluding hydrogens is 234 g/mol. The zero-order valence-corrected chi connectivity index (χ0v) is 12.6. The highest BCUT2D eigenvalue weighted by Gasteiger charge is 1.99. The predicted octanol–water partition coefficient (Wildman–Crippen LogP) is 5.10. The fraction of sp³-hybridized carbons (Fsp3) is 0.647. The van der Waals surface area contributed by atoms with Crippen molar-refractivity contribution >= 4 is 5.69 Å². The molecule has 0 bridgehead atoms. The molecular formula is C17H29NO. The number of ether oxygens (including phenoxy) is 1. The number of rotatable bonds is 10. The van der Waals surface area contributed by atoms with Gasteiger partial charge in [0.15, 0.2) is 0 Å². The number of nitrogens with two attached hydrogens (primary N) is 1. The Morgan fingerprint density at radius 1 is 0.947 bits per heavy atom. The maximum absolute atomic E-state index is 5.78. The average molecular weight is 263 g/mol. The standard InChI is InChI=1S/C17H29NO/c1-3-4-5-6-7-8-9-10-13-19-17-14-16(18)12-11-15(17)2/h11-12,14H,3-10,13,18H2,1-2H3. The summed E-state index contributed by atoms with van der Waals surface area (Å²) in [5, 5.41) is 0. The van der Waals surface area contributed by atoms with Crippen LogP contribution in [0.4, 0.5) is 5.69 Å². The van der Waals surface area contributed by atoms with E-state index in [0.29, 0.717) is 0 Å². The van der Waals surface area contributed by atoms with E-state index in [1.807, 2.05) is 18.2 Å². The largest absolute Gasteiger partial charge is 0.493 e. The van der Waals surface area contributed by atoms with Gasteiger partial charge in [-0.3, -0.25) is 0 Å². The van der Waals surface area contributed by atoms with E-state index in [2.05, 4.69) is 13.8 Å². The van der Waals surface area contributed by atoms with Crippen molar-refractivity contribution in [1.29, 1.82) is 0 Å². The monoisotopic (exact) mass is 263 g/mol. The van der Waals surface area contributed by atoms with Crippen LogP contribution in [0.1, 0.15) is 63.9 Å². The van der Waals surface area contributed by atoms with E-state index in [4.69, 9.17) is 10.5 Å². The van der Waals surface area contributed by atoms with Gasteiger partial charge in [-0.2, -0.15) is 0 Å². The lowest BCUT2D eigenvalue weighted by Crippen LogP contribution is -1.99. The van der Waals surface area contributed by atoms with E-state index in [1.54, 1.807) is 0 Å². The fourth-order valence-corrected chi connectivity index (χ4v) is 2.19. The Morgan fingerprint density at radius 2 is 1.58 bits per heavy atom. The molecule has 0 saturated carbocycles. The molecule has 1 rings (SSSR count). The molecule has 19 heavy (non-hydrogen) atoms. The summed E-state index contributed by atoms with van der Waals surface area (Å²) in [5.41, 5.74) is 7.69. The topological polar surface area (TPSA) is 35.2 Å². The van der Waals surface area contributed by atoms with Crippen LogP contribution in [0.15, 0.2) is 18.2 Å². The summed E-state index contributed by atoms with van der Waals surface area (Å²) in [6.45, 7) is 5.12. The second kappa shape index (κ2) is 9.71. The third-order valence-electron chi connectivity index (χ3n) is 3.47. The van der Waals surface area contributed by atoms with E-state index in [1.165, 1.54) is 44.9 Å². The predicted molar refractivity (Wildman–Crippen MR) is 83.7 cm³/mol. The van der Waals surface area contributed by atoms with Crippen LogP contribution in [0, 0.1) is 6.92 Å². The lowest BCUT2D eigenvalue weighted by molar-refractivity contribution is 0.302. The minimum absolute atomic E-state index is 0.775. The molecule has 2 nitrogen and oxygen atoms in total. The molecule has 0 aliphatic carbocycles. The second-order valence-electron chi connectivity index (χ2n) is 5.35. The van der Waals surface area contributed by atoms with Crippen LogP contribution in [0.5, 0.6) is 5.75 Å². The van der Waals surface area contributed by atoms with E-state index in [9.17, 15) is 0 Å². The van der Waals surface area contributed by atoms with Crippen molar-refractivity contribution in [1.82, 2.24) is 0 Å². The van der Waals surface area contributed by atoms with Gasteiger partial charge in [-0.25, -0.2) is 0 Å². The van der Waals surface area contributed by atoms with E-state index >= 15 is 0 Å². The highest BCUT2D eigenvalue weighted by Crippen LogP contribution is 2.21. The van der Waals surface area contributed by atoms with Gasteiger partial charge in [-0.05, 0) is 25.0 Å². The highest BCUT2D eigenvalue weighted by molar-refractivity contribution is 5.47. The molecule has 0 heterocycles. The molecule has 1 aromatic carbocycles. The van der Waals surface area contributed by atoms with E-state index in [-0.39, 0.29) is 0 Å². The van der Waals surface area contributed by atoms with Gasteiger partial charge in [-0.1, -0.05) is 57.9 Å². The molecule has 0 fully saturated rings. The number of hydrogen-bond acceptors (Lipinski definition) is 2. The minimum atomic E-state index is 0.775. The number of hydrogen-bond donors (Lipinski definition) is 1. The van der Waals surface area contributed by atoms with Gasteiger partial charge in [0.2, 0.25) is 0 Å². The quantitative estimate of drug-likeness (QED) is 0.471. The van der Waals surface area contributed by atoms with Gasteiger partial charge < -0.3 is 10.5 Å². The first-order chi connectivity index (χ1) is 9.24. The summed E-state index contributed by atoms with van der Waals surface area (Å²) >= 11 is 0. The Balaban J connectivity index is 2.03. The van der Waals surface area contributed by atoms with Gasteiger partial charge in [0.05, 0.1) is 6.61 Å². The molecule has 0 saturated heterocycles. The Kier molecular flexibility index (Phi) is 8.11. The molecule has 108 valence electrons. The first-order valence-corrected chi connectivity index (χ1v) is 7.73. The maximum atomic E-state index is 5.78. The molecule has 1 aromatic rings. The molecule has 2 heteroatoms. The molecule has 0 radical (unpaired) electrons. The van der Waals surface area contributed by atoms with Crippen LogP contribution in [-0.2, 0) is 0 Å². The second-order valence-corrected chi connectivity index (χ2v) is 5.35. The van der Waals surface area contributed by atoms with Crippen molar-refractivity contribution in [2.45, 2.75) is 65.2 Å². The average Bonchev–Trinajstić information content (AvgIpc) is 2.40. The van der Waals surface area contributed by atoms with Crippen LogP contribution in [0.25, 0.3) is 0 Å². The van der Waals surface area contributed by atoms with Crippen LogP contribution < -0.4 is 10.5 Å². The number of benzene rings is 1. The van der Waals surface area contributed by atoms with Crippen molar-refractivity contribution in [2.24, 2.45) is 0 Å². The molecule has 0 aliphatic rings. The summed E-state index contributed by atoms with van der Waals surface area (Å²) in [5.74, 6) is 0.933. The Bertz CT molecular complexity index is 349. The molecule has 0 unspecified atom stereocenters. The summed E-state index contributed by atoms with van der Waals surface area (Å²) < 4.78 is 5.78. The Labute approximate surface area is 118 Å². The van der Waals surface area contributed by atoms with E-state index < -0.39 is 0 Å². The van der Waals surface area contributed by atoms with Crippen LogP contribution >= 0.6 is 0 Å². The minimum Gasteiger partial charge on any atom is -0.493 e. The Morgan fingerprint density at radius 3 is 2.26 bits per heavy atom. The molecule has 2 N–H and O–H groups in total. The Hall–Kier alpha value is -1.18. The van der Waals surface area contributed by atoms with Gasteiger partial charge in [-0.15, -0.1) is 0 Å². The zero-order valence-electron chi connectivity index (χ0n) is 12.6. The third kappa shape index (κ3) is 7.09. The maximum Gasteiger partial charge on any atom is 0.124 e. The normalized spacial score (nSPS) is 10.6. The van der Waals surface area contributed by atoms with Gasteiger partial charge in [0.1, 0.15) is 5.75 Å². The first-order valence-electron chi connectivity index (χ1n) is 7.73. The fourth-order valence-electron chi connectivity index (χ4n) is 2.19. The molecule has 0 aliphatic heterocycles. The highest BCUT2D eigenvalue weighted by atomic mass is 16.5. The zero-order chi connectivity index (χ0) is 13.9. The summed E-state index contributed by atoms with van der Waals surface area (Å²) in [7, 11) is 0. The smallest absolute Gasteiger partial charge is 0.124 e. The van der Waals surface area contributed by atoms with Crippen molar-refractivity contribution < 1.29 is 4.74 Å². The van der Waals surface area contributed by atoms with Crippen LogP contribution in [-0.4, -0.2) is 6.61 Å². The van der Waals surface area contributed by atoms with E-state index in [0.717, 1.165) is 30.0 Å². The van der Waals surface area contributed by atoms with Crippen molar-refractivity contribution in [3.05, 3.63) is 23.8 Å². The lowest BCUT2D eigenvalue weighted by atomic mass is 10.1. The lowest BCUT2D eigenvalue weighted by Gasteiger charge is -2.09. The third-order valence-corrected chi connectivity index (χ3v) is 3.47. The number of nitrogen functional groups attached to an aromatic ring is 1. The molecule has 0 amide bonds. The molecule has 0 spiro atoms. The number of aryl methyl sites for hydroxylation is 1. The van der Waals surface area contributed by atoms with Crippen molar-refractivity contribution in [3.8, 4) is 5.75 Å². The van der Waals surface area contributed by atoms with Gasteiger partial charge in [0, 0.05) is 11.8 Å². The van der Waals surface area contributed by atoms with Crippen molar-refractivity contribution in [2.75, 3.05) is 12.3 Å².